The highest BCUT2D eigenvalue weighted by Gasteiger charge is 2.11. The molecule has 1 aliphatic rings. The lowest BCUT2D eigenvalue weighted by molar-refractivity contribution is -0.138. The highest BCUT2D eigenvalue weighted by atomic mass is 16.5. The molecule has 1 N–H and O–H groups in total. The Balaban J connectivity index is 2.03. The van der Waals surface area contributed by atoms with Crippen LogP contribution in [0.3, 0.4) is 0 Å². The third-order valence-electron chi connectivity index (χ3n) is 3.01. The summed E-state index contributed by atoms with van der Waals surface area (Å²) in [5.74, 6) is -0.312. The second kappa shape index (κ2) is 8.24. The Hall–Kier alpha value is -0.910. The van der Waals surface area contributed by atoms with Crippen LogP contribution >= 0.6 is 0 Å². The fourth-order valence-electron chi connectivity index (χ4n) is 1.83. The molecule has 0 unspecified atom stereocenters. The molecule has 0 spiro atoms. The van der Waals surface area contributed by atoms with E-state index in [9.17, 15) is 4.79 Å². The van der Waals surface area contributed by atoms with Crippen LogP contribution in [0.15, 0.2) is 12.2 Å². The van der Waals surface area contributed by atoms with Crippen molar-refractivity contribution in [2.24, 2.45) is 0 Å². The summed E-state index contributed by atoms with van der Waals surface area (Å²) in [6.45, 7) is 11.7. The molecule has 1 heterocycles. The van der Waals surface area contributed by atoms with Gasteiger partial charge in [-0.2, -0.15) is 0 Å². The van der Waals surface area contributed by atoms with Gasteiger partial charge in [0.2, 0.25) is 0 Å². The zero-order valence-electron chi connectivity index (χ0n) is 11.6. The van der Waals surface area contributed by atoms with E-state index in [2.05, 4.69) is 28.7 Å². The minimum Gasteiger partial charge on any atom is -0.461 e. The lowest BCUT2D eigenvalue weighted by Crippen LogP contribution is -2.38. The van der Waals surface area contributed by atoms with Crippen molar-refractivity contribution >= 4 is 5.97 Å². The number of likely N-dealkylation sites (N-methyl/N-ethyl adjacent to an activating group) is 1. The number of hydrogen-bond acceptors (Lipinski definition) is 5. The van der Waals surface area contributed by atoms with Gasteiger partial charge >= 0.3 is 5.97 Å². The predicted molar refractivity (Wildman–Crippen MR) is 72.3 cm³/mol. The van der Waals surface area contributed by atoms with Gasteiger partial charge in [-0.1, -0.05) is 6.58 Å². The van der Waals surface area contributed by atoms with Gasteiger partial charge < -0.3 is 15.0 Å². The highest BCUT2D eigenvalue weighted by molar-refractivity contribution is 5.86. The Kier molecular flexibility index (Phi) is 6.93. The number of ether oxygens (including phenoxy) is 1. The second-order valence-electron chi connectivity index (χ2n) is 4.85. The molecule has 1 saturated heterocycles. The normalized spacial score (nSPS) is 18.3. The smallest absolute Gasteiger partial charge is 0.333 e. The van der Waals surface area contributed by atoms with Crippen molar-refractivity contribution in [1.29, 1.82) is 0 Å². The number of nitrogens with one attached hydrogen (secondary N) is 1. The van der Waals surface area contributed by atoms with Crippen LogP contribution in [0.2, 0.25) is 0 Å². The average molecular weight is 255 g/mol. The second-order valence-corrected chi connectivity index (χ2v) is 4.85. The van der Waals surface area contributed by atoms with Gasteiger partial charge in [0.25, 0.3) is 0 Å². The van der Waals surface area contributed by atoms with Gasteiger partial charge in [-0.05, 0) is 26.9 Å². The Morgan fingerprint density at radius 2 is 2.11 bits per heavy atom. The summed E-state index contributed by atoms with van der Waals surface area (Å²) in [5, 5.41) is 3.29. The first-order chi connectivity index (χ1) is 8.59. The highest BCUT2D eigenvalue weighted by Crippen LogP contribution is 1.99. The summed E-state index contributed by atoms with van der Waals surface area (Å²) in [4.78, 5) is 15.9. The Morgan fingerprint density at radius 3 is 2.83 bits per heavy atom. The number of carbonyl (C=O) groups excluding carboxylic acids is 1. The predicted octanol–water partition coefficient (Wildman–Crippen LogP) is 0.290. The van der Waals surface area contributed by atoms with Crippen molar-refractivity contribution < 1.29 is 9.53 Å². The maximum atomic E-state index is 11.1. The first kappa shape index (κ1) is 15.1. The lowest BCUT2D eigenvalue weighted by atomic mass is 10.4. The van der Waals surface area contributed by atoms with Crippen molar-refractivity contribution in [3.8, 4) is 0 Å². The van der Waals surface area contributed by atoms with E-state index in [4.69, 9.17) is 4.74 Å². The third kappa shape index (κ3) is 6.14. The van der Waals surface area contributed by atoms with E-state index in [1.807, 2.05) is 0 Å². The van der Waals surface area contributed by atoms with Gasteiger partial charge in [0, 0.05) is 38.4 Å². The SMILES string of the molecule is C=C(C)C(=O)OCCNCN1CCCN(C)CC1. The van der Waals surface area contributed by atoms with Gasteiger partial charge in [-0.15, -0.1) is 0 Å². The Bertz CT molecular complexity index is 281. The van der Waals surface area contributed by atoms with Crippen LogP contribution in [0.25, 0.3) is 0 Å². The number of esters is 1. The molecule has 0 bridgehead atoms. The minimum absolute atomic E-state index is 0.312. The summed E-state index contributed by atoms with van der Waals surface area (Å²) in [6, 6.07) is 0. The van der Waals surface area contributed by atoms with Crippen molar-refractivity contribution in [2.75, 3.05) is 53.0 Å². The van der Waals surface area contributed by atoms with Gasteiger partial charge in [-0.3, -0.25) is 4.90 Å². The molecule has 0 aromatic carbocycles. The molecule has 5 heteroatoms. The molecule has 0 aromatic rings. The molecule has 0 radical (unpaired) electrons. The van der Waals surface area contributed by atoms with E-state index in [-0.39, 0.29) is 5.97 Å². The van der Waals surface area contributed by atoms with Crippen molar-refractivity contribution in [3.05, 3.63) is 12.2 Å². The van der Waals surface area contributed by atoms with Gasteiger partial charge in [0.1, 0.15) is 6.61 Å². The van der Waals surface area contributed by atoms with Gasteiger partial charge in [0.05, 0.1) is 0 Å². The number of rotatable bonds is 6. The van der Waals surface area contributed by atoms with Crippen molar-refractivity contribution in [1.82, 2.24) is 15.1 Å². The maximum absolute atomic E-state index is 11.1. The summed E-state index contributed by atoms with van der Waals surface area (Å²) in [6.07, 6.45) is 1.21. The van der Waals surface area contributed by atoms with Crippen LogP contribution < -0.4 is 5.32 Å². The maximum Gasteiger partial charge on any atom is 0.333 e. The van der Waals surface area contributed by atoms with E-state index in [1.54, 1.807) is 6.92 Å². The quantitative estimate of drug-likeness (QED) is 0.420. The van der Waals surface area contributed by atoms with Crippen LogP contribution in [0.4, 0.5) is 0 Å². The molecule has 1 fully saturated rings. The molecule has 0 amide bonds. The molecule has 0 atom stereocenters. The van der Waals surface area contributed by atoms with E-state index in [0.717, 1.165) is 26.3 Å². The summed E-state index contributed by atoms with van der Waals surface area (Å²) in [5.41, 5.74) is 0.450. The molecule has 0 aromatic heterocycles. The molecular formula is C13H25N3O2. The summed E-state index contributed by atoms with van der Waals surface area (Å²) in [7, 11) is 2.16. The molecule has 0 saturated carbocycles. The van der Waals surface area contributed by atoms with Crippen LogP contribution in [0.1, 0.15) is 13.3 Å². The Morgan fingerprint density at radius 1 is 1.33 bits per heavy atom. The molecule has 5 nitrogen and oxygen atoms in total. The van der Waals surface area contributed by atoms with E-state index < -0.39 is 0 Å². The van der Waals surface area contributed by atoms with E-state index in [1.165, 1.54) is 13.0 Å². The Labute approximate surface area is 110 Å². The average Bonchev–Trinajstić information content (AvgIpc) is 2.53. The molecule has 1 rings (SSSR count). The molecule has 104 valence electrons. The standard InChI is InChI=1S/C13H25N3O2/c1-12(2)13(17)18-10-5-14-11-16-7-4-6-15(3)8-9-16/h14H,1,4-11H2,2-3H3. The fourth-order valence-corrected chi connectivity index (χ4v) is 1.83. The largest absolute Gasteiger partial charge is 0.461 e. The minimum atomic E-state index is -0.312. The molecular weight excluding hydrogens is 230 g/mol. The third-order valence-corrected chi connectivity index (χ3v) is 3.01. The van der Waals surface area contributed by atoms with Crippen molar-refractivity contribution in [3.63, 3.8) is 0 Å². The van der Waals surface area contributed by atoms with Crippen LogP contribution in [0, 0.1) is 0 Å². The zero-order chi connectivity index (χ0) is 13.4. The van der Waals surface area contributed by atoms with E-state index in [0.29, 0.717) is 18.7 Å². The van der Waals surface area contributed by atoms with E-state index >= 15 is 0 Å². The van der Waals surface area contributed by atoms with Crippen LogP contribution in [-0.4, -0.2) is 68.8 Å². The van der Waals surface area contributed by atoms with Crippen LogP contribution in [0.5, 0.6) is 0 Å². The van der Waals surface area contributed by atoms with Gasteiger partial charge in [-0.25, -0.2) is 4.79 Å². The molecule has 1 aliphatic heterocycles. The first-order valence-corrected chi connectivity index (χ1v) is 6.54. The van der Waals surface area contributed by atoms with Crippen molar-refractivity contribution in [2.45, 2.75) is 13.3 Å². The summed E-state index contributed by atoms with van der Waals surface area (Å²) < 4.78 is 5.01. The summed E-state index contributed by atoms with van der Waals surface area (Å²) >= 11 is 0. The number of nitrogens with zero attached hydrogens (tertiary/aromatic N) is 2. The lowest BCUT2D eigenvalue weighted by Gasteiger charge is -2.20. The molecule has 0 aliphatic carbocycles. The number of carbonyl (C=O) groups is 1. The monoisotopic (exact) mass is 255 g/mol. The van der Waals surface area contributed by atoms with Gasteiger partial charge in [0.15, 0.2) is 0 Å². The topological polar surface area (TPSA) is 44.8 Å². The number of hydrogen-bond donors (Lipinski definition) is 1. The first-order valence-electron chi connectivity index (χ1n) is 6.54. The zero-order valence-corrected chi connectivity index (χ0v) is 11.6. The van der Waals surface area contributed by atoms with Crippen LogP contribution in [-0.2, 0) is 9.53 Å². The fraction of sp³-hybridized carbons (Fsp3) is 0.769. The molecule has 18 heavy (non-hydrogen) atoms.